The number of carbonyl (C=O) groups excluding carboxylic acids is 1. The van der Waals surface area contributed by atoms with Crippen molar-refractivity contribution in [3.05, 3.63) is 69.2 Å². The molecule has 2 aromatic carbocycles. The predicted octanol–water partition coefficient (Wildman–Crippen LogP) is 3.36. The molecule has 7 heteroatoms. The highest BCUT2D eigenvalue weighted by molar-refractivity contribution is 8.00. The second-order valence-corrected chi connectivity index (χ2v) is 8.35. The van der Waals surface area contributed by atoms with Crippen molar-refractivity contribution in [1.82, 2.24) is 9.78 Å². The zero-order valence-corrected chi connectivity index (χ0v) is 16.1. The Labute approximate surface area is 165 Å². The number of aromatic nitrogens is 2. The van der Waals surface area contributed by atoms with Crippen LogP contribution in [0.15, 0.2) is 63.0 Å². The Hall–Kier alpha value is -2.80. The van der Waals surface area contributed by atoms with Crippen LogP contribution >= 0.6 is 11.8 Å². The van der Waals surface area contributed by atoms with Crippen molar-refractivity contribution in [1.29, 1.82) is 0 Å². The molecule has 1 aliphatic carbocycles. The number of amides is 1. The molecule has 6 nitrogen and oxygen atoms in total. The van der Waals surface area contributed by atoms with E-state index in [9.17, 15) is 14.4 Å². The number of H-pyrrole nitrogens is 1. The lowest BCUT2D eigenvalue weighted by Crippen LogP contribution is -2.34. The molecule has 0 saturated heterocycles. The number of anilines is 1. The predicted molar refractivity (Wildman–Crippen MR) is 112 cm³/mol. The van der Waals surface area contributed by atoms with E-state index in [2.05, 4.69) is 10.4 Å². The van der Waals surface area contributed by atoms with Crippen LogP contribution < -0.4 is 16.4 Å². The van der Waals surface area contributed by atoms with Crippen molar-refractivity contribution < 1.29 is 4.79 Å². The summed E-state index contributed by atoms with van der Waals surface area (Å²) in [5.74, 6) is -0.371. The van der Waals surface area contributed by atoms with E-state index >= 15 is 0 Å². The molecule has 0 radical (unpaired) electrons. The Morgan fingerprint density at radius 1 is 1.04 bits per heavy atom. The molecular formula is C21H21N3O3S. The van der Waals surface area contributed by atoms with Crippen molar-refractivity contribution in [3.8, 4) is 0 Å². The van der Waals surface area contributed by atoms with Gasteiger partial charge in [0.15, 0.2) is 0 Å². The van der Waals surface area contributed by atoms with Crippen LogP contribution in [0, 0.1) is 0 Å². The first-order valence-electron chi connectivity index (χ1n) is 9.38. The van der Waals surface area contributed by atoms with Crippen LogP contribution in [0.2, 0.25) is 0 Å². The molecule has 1 heterocycles. The number of nitrogens with one attached hydrogen (secondary N) is 2. The van der Waals surface area contributed by atoms with Gasteiger partial charge in [0.25, 0.3) is 11.1 Å². The Morgan fingerprint density at radius 2 is 1.71 bits per heavy atom. The van der Waals surface area contributed by atoms with Gasteiger partial charge >= 0.3 is 0 Å². The number of fused-ring (bicyclic) bond motifs is 1. The summed E-state index contributed by atoms with van der Waals surface area (Å²) in [6.07, 6.45) is 5.15. The molecule has 144 valence electrons. The topological polar surface area (TPSA) is 84.0 Å². The molecule has 2 N–H and O–H groups in total. The van der Waals surface area contributed by atoms with Crippen molar-refractivity contribution >= 4 is 34.1 Å². The summed E-state index contributed by atoms with van der Waals surface area (Å²) in [7, 11) is 0. The van der Waals surface area contributed by atoms with Gasteiger partial charge in [0, 0.05) is 15.8 Å². The smallest absolute Gasteiger partial charge is 0.273 e. The fraction of sp³-hybridized carbons (Fsp3) is 0.286. The Balaban J connectivity index is 1.44. The molecule has 28 heavy (non-hydrogen) atoms. The van der Waals surface area contributed by atoms with E-state index in [1.165, 1.54) is 30.6 Å². The van der Waals surface area contributed by atoms with Gasteiger partial charge in [-0.25, -0.2) is 4.68 Å². The zero-order valence-electron chi connectivity index (χ0n) is 15.3. The second kappa shape index (κ2) is 8.06. The molecule has 1 aromatic heterocycles. The number of carbonyl (C=O) groups is 1. The van der Waals surface area contributed by atoms with E-state index in [1.54, 1.807) is 24.3 Å². The van der Waals surface area contributed by atoms with Gasteiger partial charge in [0.2, 0.25) is 5.91 Å². The van der Waals surface area contributed by atoms with Gasteiger partial charge in [-0.05, 0) is 49.2 Å². The van der Waals surface area contributed by atoms with E-state index in [-0.39, 0.29) is 12.5 Å². The molecule has 0 unspecified atom stereocenters. The van der Waals surface area contributed by atoms with Crippen LogP contribution in [0.25, 0.3) is 10.8 Å². The number of nitrogens with zero attached hydrogens (tertiary/aromatic N) is 1. The first-order valence-corrected chi connectivity index (χ1v) is 10.3. The highest BCUT2D eigenvalue weighted by atomic mass is 32.2. The lowest BCUT2D eigenvalue weighted by atomic mass is 10.2. The maximum atomic E-state index is 12.5. The first kappa shape index (κ1) is 18.6. The molecule has 0 bridgehead atoms. The molecule has 0 aliphatic heterocycles. The molecule has 1 aliphatic rings. The van der Waals surface area contributed by atoms with Gasteiger partial charge in [-0.2, -0.15) is 0 Å². The number of hydrogen-bond acceptors (Lipinski definition) is 4. The standard InChI is InChI=1S/C21H21N3O3S/c25-19(13-24-21(27)18-8-4-3-7-17(18)20(26)23-24)22-14-9-11-16(12-10-14)28-15-5-1-2-6-15/h3-4,7-12,15H,1-2,5-6,13H2,(H,22,25)(H,23,26). The number of aromatic amines is 1. The average molecular weight is 395 g/mol. The molecule has 1 fully saturated rings. The monoisotopic (exact) mass is 395 g/mol. The highest BCUT2D eigenvalue weighted by Crippen LogP contribution is 2.34. The van der Waals surface area contributed by atoms with Gasteiger partial charge in [-0.1, -0.05) is 25.0 Å². The van der Waals surface area contributed by atoms with Gasteiger partial charge in [-0.3, -0.25) is 19.5 Å². The van der Waals surface area contributed by atoms with E-state index in [4.69, 9.17) is 0 Å². The highest BCUT2D eigenvalue weighted by Gasteiger charge is 2.16. The van der Waals surface area contributed by atoms with Crippen LogP contribution in [-0.2, 0) is 11.3 Å². The minimum atomic E-state index is -0.395. The summed E-state index contributed by atoms with van der Waals surface area (Å²) in [6, 6.07) is 14.3. The second-order valence-electron chi connectivity index (χ2n) is 6.97. The molecule has 4 rings (SSSR count). The summed E-state index contributed by atoms with van der Waals surface area (Å²) in [5.41, 5.74) is -0.123. The van der Waals surface area contributed by atoms with E-state index in [1.807, 2.05) is 36.0 Å². The third-order valence-electron chi connectivity index (χ3n) is 4.93. The first-order chi connectivity index (χ1) is 13.6. The molecular weight excluding hydrogens is 374 g/mol. The fourth-order valence-electron chi connectivity index (χ4n) is 3.52. The van der Waals surface area contributed by atoms with Crippen LogP contribution in [0.1, 0.15) is 25.7 Å². The van der Waals surface area contributed by atoms with Crippen molar-refractivity contribution in [2.75, 3.05) is 5.32 Å². The zero-order chi connectivity index (χ0) is 19.5. The third-order valence-corrected chi connectivity index (χ3v) is 6.28. The van der Waals surface area contributed by atoms with Gasteiger partial charge in [0.05, 0.1) is 10.8 Å². The summed E-state index contributed by atoms with van der Waals surface area (Å²) in [4.78, 5) is 38.2. The van der Waals surface area contributed by atoms with Crippen LogP contribution in [0.5, 0.6) is 0 Å². The van der Waals surface area contributed by atoms with Gasteiger partial charge in [-0.15, -0.1) is 11.8 Å². The molecule has 0 atom stereocenters. The van der Waals surface area contributed by atoms with Gasteiger partial charge in [0.1, 0.15) is 6.54 Å². The van der Waals surface area contributed by atoms with E-state index < -0.39 is 11.1 Å². The van der Waals surface area contributed by atoms with E-state index in [0.717, 1.165) is 4.68 Å². The van der Waals surface area contributed by atoms with Crippen LogP contribution in [-0.4, -0.2) is 20.9 Å². The summed E-state index contributed by atoms with van der Waals surface area (Å²) in [6.45, 7) is -0.252. The third kappa shape index (κ3) is 4.04. The summed E-state index contributed by atoms with van der Waals surface area (Å²) < 4.78 is 1.05. The SMILES string of the molecule is O=C(Cn1[nH]c(=O)c2ccccc2c1=O)Nc1ccc(SC2CCCC2)cc1. The number of benzene rings is 2. The lowest BCUT2D eigenvalue weighted by Gasteiger charge is -2.11. The number of hydrogen-bond donors (Lipinski definition) is 2. The largest absolute Gasteiger partial charge is 0.324 e. The van der Waals surface area contributed by atoms with Gasteiger partial charge < -0.3 is 5.32 Å². The van der Waals surface area contributed by atoms with Crippen LogP contribution in [0.4, 0.5) is 5.69 Å². The Morgan fingerprint density at radius 3 is 2.43 bits per heavy atom. The minimum Gasteiger partial charge on any atom is -0.324 e. The maximum Gasteiger partial charge on any atom is 0.273 e. The molecule has 3 aromatic rings. The number of thioether (sulfide) groups is 1. The van der Waals surface area contributed by atoms with Crippen molar-refractivity contribution in [3.63, 3.8) is 0 Å². The quantitative estimate of drug-likeness (QED) is 0.694. The summed E-state index contributed by atoms with van der Waals surface area (Å²) in [5, 5.41) is 6.55. The summed E-state index contributed by atoms with van der Waals surface area (Å²) >= 11 is 1.89. The average Bonchev–Trinajstić information content (AvgIpc) is 3.20. The van der Waals surface area contributed by atoms with E-state index in [0.29, 0.717) is 21.7 Å². The minimum absolute atomic E-state index is 0.252. The van der Waals surface area contributed by atoms with Crippen molar-refractivity contribution in [2.45, 2.75) is 42.4 Å². The Bertz CT molecular complexity index is 1110. The molecule has 1 saturated carbocycles. The molecule has 0 spiro atoms. The van der Waals surface area contributed by atoms with Crippen molar-refractivity contribution in [2.24, 2.45) is 0 Å². The number of rotatable bonds is 5. The maximum absolute atomic E-state index is 12.5. The van der Waals surface area contributed by atoms with Crippen LogP contribution in [0.3, 0.4) is 0 Å². The Kier molecular flexibility index (Phi) is 5.34. The lowest BCUT2D eigenvalue weighted by molar-refractivity contribution is -0.117. The fourth-order valence-corrected chi connectivity index (χ4v) is 4.76. The normalized spacial score (nSPS) is 14.4. The molecule has 1 amide bonds.